The number of aliphatic hydroxyl groups excluding tert-OH is 1. The molecule has 0 atom stereocenters. The molecule has 0 saturated carbocycles. The molecule has 3 nitrogen and oxygen atoms in total. The van der Waals surface area contributed by atoms with Gasteiger partial charge in [0.1, 0.15) is 0 Å². The van der Waals surface area contributed by atoms with Crippen molar-refractivity contribution in [2.24, 2.45) is 0 Å². The van der Waals surface area contributed by atoms with E-state index in [-0.39, 0.29) is 12.5 Å². The van der Waals surface area contributed by atoms with Gasteiger partial charge in [0.05, 0.1) is 0 Å². The Balaban J connectivity index is 2.02. The maximum absolute atomic E-state index is 11.3. The average molecular weight is 253 g/mol. The van der Waals surface area contributed by atoms with Crippen LogP contribution in [0.2, 0.25) is 0 Å². The van der Waals surface area contributed by atoms with Crippen LogP contribution in [-0.4, -0.2) is 29.9 Å². The second-order valence-electron chi connectivity index (χ2n) is 3.69. The van der Waals surface area contributed by atoms with Gasteiger partial charge in [0.2, 0.25) is 5.91 Å². The van der Waals surface area contributed by atoms with E-state index in [4.69, 9.17) is 5.11 Å². The molecule has 0 aliphatic rings. The fourth-order valence-electron chi connectivity index (χ4n) is 1.33. The van der Waals surface area contributed by atoms with Crippen LogP contribution in [0, 0.1) is 0 Å². The van der Waals surface area contributed by atoms with Crippen molar-refractivity contribution >= 4 is 17.7 Å². The summed E-state index contributed by atoms with van der Waals surface area (Å²) in [5.74, 6) is 1.03. The van der Waals surface area contributed by atoms with Crippen molar-refractivity contribution in [2.45, 2.75) is 24.2 Å². The molecule has 1 amide bonds. The van der Waals surface area contributed by atoms with E-state index in [9.17, 15) is 4.79 Å². The Morgan fingerprint density at radius 1 is 1.24 bits per heavy atom. The molecule has 0 unspecified atom stereocenters. The van der Waals surface area contributed by atoms with Gasteiger partial charge in [-0.15, -0.1) is 11.8 Å². The normalized spacial score (nSPS) is 10.2. The fourth-order valence-corrected chi connectivity index (χ4v) is 2.21. The van der Waals surface area contributed by atoms with Crippen molar-refractivity contribution in [1.82, 2.24) is 5.32 Å². The first-order valence-electron chi connectivity index (χ1n) is 5.88. The Labute approximate surface area is 107 Å². The zero-order chi connectivity index (χ0) is 12.3. The quantitative estimate of drug-likeness (QED) is 0.551. The molecular formula is C13H19NO2S. The Morgan fingerprint density at radius 3 is 2.71 bits per heavy atom. The Kier molecular flexibility index (Phi) is 7.51. The summed E-state index contributed by atoms with van der Waals surface area (Å²) >= 11 is 1.77. The van der Waals surface area contributed by atoms with Crippen LogP contribution in [0.1, 0.15) is 19.3 Å². The molecule has 4 heteroatoms. The summed E-state index contributed by atoms with van der Waals surface area (Å²) in [6, 6.07) is 10.2. The van der Waals surface area contributed by atoms with Crippen LogP contribution < -0.4 is 5.32 Å². The first kappa shape index (κ1) is 14.1. The summed E-state index contributed by atoms with van der Waals surface area (Å²) in [5, 5.41) is 11.3. The van der Waals surface area contributed by atoms with Crippen LogP contribution in [0.4, 0.5) is 0 Å². The summed E-state index contributed by atoms with van der Waals surface area (Å²) < 4.78 is 0. The second kappa shape index (κ2) is 9.07. The molecule has 0 spiro atoms. The van der Waals surface area contributed by atoms with Gasteiger partial charge in [-0.2, -0.15) is 0 Å². The van der Waals surface area contributed by atoms with E-state index in [0.717, 1.165) is 12.2 Å². The smallest absolute Gasteiger partial charge is 0.220 e. The minimum atomic E-state index is 0.0760. The molecule has 1 rings (SSSR count). The molecule has 2 N–H and O–H groups in total. The van der Waals surface area contributed by atoms with Crippen LogP contribution in [0.25, 0.3) is 0 Å². The number of nitrogens with one attached hydrogen (secondary N) is 1. The van der Waals surface area contributed by atoms with Gasteiger partial charge in [0.25, 0.3) is 0 Å². The number of rotatable bonds is 8. The predicted molar refractivity (Wildman–Crippen MR) is 71.1 cm³/mol. The van der Waals surface area contributed by atoms with E-state index >= 15 is 0 Å². The molecule has 0 fully saturated rings. The summed E-state index contributed by atoms with van der Waals surface area (Å²) in [6.45, 7) is 0.700. The minimum Gasteiger partial charge on any atom is -0.396 e. The molecular weight excluding hydrogens is 234 g/mol. The molecule has 1 aromatic carbocycles. The van der Waals surface area contributed by atoms with Gasteiger partial charge in [0.15, 0.2) is 0 Å². The van der Waals surface area contributed by atoms with Crippen molar-refractivity contribution in [3.8, 4) is 0 Å². The first-order chi connectivity index (χ1) is 8.33. The average Bonchev–Trinajstić information content (AvgIpc) is 2.36. The molecule has 17 heavy (non-hydrogen) atoms. The first-order valence-corrected chi connectivity index (χ1v) is 6.87. The third-order valence-electron chi connectivity index (χ3n) is 2.22. The number of carbonyl (C=O) groups excluding carboxylic acids is 1. The third-order valence-corrected chi connectivity index (χ3v) is 3.32. The predicted octanol–water partition coefficient (Wildman–Crippen LogP) is 2.06. The molecule has 94 valence electrons. The van der Waals surface area contributed by atoms with Gasteiger partial charge >= 0.3 is 0 Å². The zero-order valence-corrected chi connectivity index (χ0v) is 10.7. The zero-order valence-electron chi connectivity index (χ0n) is 9.89. The van der Waals surface area contributed by atoms with Crippen molar-refractivity contribution in [2.75, 3.05) is 18.9 Å². The standard InChI is InChI=1S/C13H19NO2S/c15-10-5-9-14-13(16)8-4-11-17-12-6-2-1-3-7-12/h1-3,6-7,15H,4-5,8-11H2,(H,14,16). The van der Waals surface area contributed by atoms with Crippen molar-refractivity contribution in [3.05, 3.63) is 30.3 Å². The molecule has 0 aliphatic heterocycles. The number of thioether (sulfide) groups is 1. The van der Waals surface area contributed by atoms with Gasteiger partial charge in [-0.25, -0.2) is 0 Å². The largest absolute Gasteiger partial charge is 0.396 e. The molecule has 0 bridgehead atoms. The molecule has 0 aromatic heterocycles. The molecule has 0 saturated heterocycles. The Bertz CT molecular complexity index is 316. The maximum atomic E-state index is 11.3. The van der Waals surface area contributed by atoms with E-state index in [1.54, 1.807) is 11.8 Å². The van der Waals surface area contributed by atoms with Crippen LogP contribution in [0.3, 0.4) is 0 Å². The van der Waals surface area contributed by atoms with Gasteiger partial charge in [0, 0.05) is 24.5 Å². The lowest BCUT2D eigenvalue weighted by molar-refractivity contribution is -0.121. The van der Waals surface area contributed by atoms with Crippen LogP contribution in [0.5, 0.6) is 0 Å². The van der Waals surface area contributed by atoms with E-state index in [1.165, 1.54) is 4.90 Å². The summed E-state index contributed by atoms with van der Waals surface area (Å²) in [4.78, 5) is 12.6. The van der Waals surface area contributed by atoms with Crippen LogP contribution in [0.15, 0.2) is 35.2 Å². The van der Waals surface area contributed by atoms with E-state index < -0.39 is 0 Å². The van der Waals surface area contributed by atoms with Crippen molar-refractivity contribution < 1.29 is 9.90 Å². The highest BCUT2D eigenvalue weighted by molar-refractivity contribution is 7.99. The number of aliphatic hydroxyl groups is 1. The lowest BCUT2D eigenvalue weighted by Gasteiger charge is -2.04. The third kappa shape index (κ3) is 7.02. The lowest BCUT2D eigenvalue weighted by atomic mass is 10.3. The number of carbonyl (C=O) groups is 1. The van der Waals surface area contributed by atoms with Gasteiger partial charge < -0.3 is 10.4 Å². The molecule has 0 heterocycles. The maximum Gasteiger partial charge on any atom is 0.220 e. The van der Waals surface area contributed by atoms with E-state index in [0.29, 0.717) is 19.4 Å². The van der Waals surface area contributed by atoms with E-state index in [2.05, 4.69) is 17.4 Å². The van der Waals surface area contributed by atoms with Gasteiger partial charge in [-0.05, 0) is 30.7 Å². The van der Waals surface area contributed by atoms with Gasteiger partial charge in [-0.3, -0.25) is 4.79 Å². The highest BCUT2D eigenvalue weighted by Gasteiger charge is 2.00. The van der Waals surface area contributed by atoms with Gasteiger partial charge in [-0.1, -0.05) is 18.2 Å². The van der Waals surface area contributed by atoms with Crippen LogP contribution in [-0.2, 0) is 4.79 Å². The lowest BCUT2D eigenvalue weighted by Crippen LogP contribution is -2.24. The van der Waals surface area contributed by atoms with Crippen LogP contribution >= 0.6 is 11.8 Å². The Morgan fingerprint density at radius 2 is 2.00 bits per heavy atom. The molecule has 0 aliphatic carbocycles. The number of benzene rings is 1. The monoisotopic (exact) mass is 253 g/mol. The fraction of sp³-hybridized carbons (Fsp3) is 0.462. The summed E-state index contributed by atoms with van der Waals surface area (Å²) in [7, 11) is 0. The Hall–Kier alpha value is -1.00. The highest BCUT2D eigenvalue weighted by atomic mass is 32.2. The summed E-state index contributed by atoms with van der Waals surface area (Å²) in [5.41, 5.74) is 0. The minimum absolute atomic E-state index is 0.0760. The number of amides is 1. The van der Waals surface area contributed by atoms with Crippen molar-refractivity contribution in [3.63, 3.8) is 0 Å². The highest BCUT2D eigenvalue weighted by Crippen LogP contribution is 2.18. The molecule has 1 aromatic rings. The topological polar surface area (TPSA) is 49.3 Å². The molecule has 0 radical (unpaired) electrons. The number of hydrogen-bond donors (Lipinski definition) is 2. The SMILES string of the molecule is O=C(CCCSc1ccccc1)NCCCO. The van der Waals surface area contributed by atoms with E-state index in [1.807, 2.05) is 18.2 Å². The number of hydrogen-bond acceptors (Lipinski definition) is 3. The van der Waals surface area contributed by atoms with Crippen molar-refractivity contribution in [1.29, 1.82) is 0 Å². The second-order valence-corrected chi connectivity index (χ2v) is 4.86. The summed E-state index contributed by atoms with van der Waals surface area (Å²) in [6.07, 6.45) is 2.07.